The lowest BCUT2D eigenvalue weighted by molar-refractivity contribution is -0.161. The van der Waals surface area contributed by atoms with Crippen LogP contribution in [0.2, 0.25) is 0 Å². The third-order valence-corrected chi connectivity index (χ3v) is 9.62. The van der Waals surface area contributed by atoms with Gasteiger partial charge in [0.15, 0.2) is 6.10 Å². The molecule has 0 saturated carbocycles. The van der Waals surface area contributed by atoms with E-state index in [4.69, 9.17) is 19.3 Å². The third kappa shape index (κ3) is 41.0. The average Bonchev–Trinajstić information content (AvgIpc) is 3.11. The molecule has 0 unspecified atom stereocenters. The minimum Gasteiger partial charge on any atom is -0.462 e. The first kappa shape index (κ1) is 50.3. The second-order valence-electron chi connectivity index (χ2n) is 14.3. The molecule has 0 radical (unpaired) electrons. The number of carbonyl (C=O) groups excluding carboxylic acids is 2. The summed E-state index contributed by atoms with van der Waals surface area (Å²) in [6.45, 7) is 3.65. The van der Waals surface area contributed by atoms with Gasteiger partial charge < -0.3 is 19.3 Å². The molecule has 0 bridgehead atoms. The number of carbonyl (C=O) groups is 2. The van der Waals surface area contributed by atoms with Gasteiger partial charge in [-0.25, -0.2) is 4.57 Å². The molecular weight excluding hydrogens is 675 g/mol. The number of phosphoric ester groups is 1. The molecule has 0 heterocycles. The lowest BCUT2D eigenvalue weighted by Gasteiger charge is -2.18. The molecular formula is C43H79O8P. The quantitative estimate of drug-likeness (QED) is 0.0275. The molecule has 0 fully saturated rings. The highest BCUT2D eigenvalue weighted by Gasteiger charge is 2.22. The fourth-order valence-electron chi connectivity index (χ4n) is 5.93. The van der Waals surface area contributed by atoms with Gasteiger partial charge in [-0.15, -0.1) is 0 Å². The number of ether oxygens (including phenoxy) is 2. The molecule has 0 rings (SSSR count). The maximum Gasteiger partial charge on any atom is 0.469 e. The van der Waals surface area contributed by atoms with Crippen molar-refractivity contribution >= 4 is 19.8 Å². The number of phosphoric acid groups is 1. The van der Waals surface area contributed by atoms with E-state index in [0.29, 0.717) is 12.8 Å². The topological polar surface area (TPSA) is 119 Å². The van der Waals surface area contributed by atoms with Crippen LogP contribution in [0.15, 0.2) is 36.5 Å². The van der Waals surface area contributed by atoms with E-state index in [1.807, 2.05) is 0 Å². The van der Waals surface area contributed by atoms with Gasteiger partial charge >= 0.3 is 19.8 Å². The Hall–Kier alpha value is -1.73. The average molecular weight is 755 g/mol. The fraction of sp³-hybridized carbons (Fsp3) is 0.814. The smallest absolute Gasteiger partial charge is 0.462 e. The Balaban J connectivity index is 3.92. The van der Waals surface area contributed by atoms with Gasteiger partial charge in [-0.05, 0) is 70.6 Å². The molecule has 0 aromatic rings. The Bertz CT molecular complexity index is 941. The van der Waals surface area contributed by atoms with Gasteiger partial charge in [0.25, 0.3) is 0 Å². The van der Waals surface area contributed by atoms with Gasteiger partial charge in [0.2, 0.25) is 0 Å². The molecule has 0 aromatic carbocycles. The lowest BCUT2D eigenvalue weighted by Crippen LogP contribution is -2.29. The van der Waals surface area contributed by atoms with E-state index in [-0.39, 0.29) is 19.4 Å². The predicted octanol–water partition coefficient (Wildman–Crippen LogP) is 13.0. The standard InChI is InChI=1S/C43H79O8P/c1-3-5-7-9-11-13-15-17-19-20-21-22-24-26-28-30-32-34-36-38-43(45)51-41(40-50-52(46,47)48)39-49-42(44)37-35-33-31-29-27-25-23-18-16-14-12-10-8-6-4-2/h11,13,17-19,23,41H,3-10,12,14-16,20-22,24-40H2,1-2H3,(H2,46,47,48)/b13-11-,19-17-,23-18-/t41-/m1/s1. The van der Waals surface area contributed by atoms with Crippen molar-refractivity contribution in [2.24, 2.45) is 0 Å². The van der Waals surface area contributed by atoms with E-state index in [9.17, 15) is 14.2 Å². The van der Waals surface area contributed by atoms with E-state index in [1.54, 1.807) is 0 Å². The molecule has 2 N–H and O–H groups in total. The molecule has 8 nitrogen and oxygen atoms in total. The maximum absolute atomic E-state index is 12.4. The first-order chi connectivity index (χ1) is 25.3. The first-order valence-electron chi connectivity index (χ1n) is 21.3. The summed E-state index contributed by atoms with van der Waals surface area (Å²) in [5.41, 5.74) is 0. The molecule has 0 saturated heterocycles. The molecule has 0 aliphatic rings. The summed E-state index contributed by atoms with van der Waals surface area (Å²) >= 11 is 0. The van der Waals surface area contributed by atoms with E-state index >= 15 is 0 Å². The van der Waals surface area contributed by atoms with Crippen LogP contribution in [0.25, 0.3) is 0 Å². The number of hydrogen-bond acceptors (Lipinski definition) is 6. The first-order valence-corrected chi connectivity index (χ1v) is 22.8. The Morgan fingerprint density at radius 3 is 1.33 bits per heavy atom. The second kappa shape index (κ2) is 39.0. The summed E-state index contributed by atoms with van der Waals surface area (Å²) in [4.78, 5) is 42.8. The summed E-state index contributed by atoms with van der Waals surface area (Å²) in [5.74, 6) is -0.896. The Morgan fingerprint density at radius 2 is 0.865 bits per heavy atom. The molecule has 304 valence electrons. The van der Waals surface area contributed by atoms with Gasteiger partial charge in [-0.1, -0.05) is 159 Å². The van der Waals surface area contributed by atoms with Gasteiger partial charge in [-0.3, -0.25) is 14.1 Å². The van der Waals surface area contributed by atoms with E-state index < -0.39 is 32.5 Å². The van der Waals surface area contributed by atoms with Crippen LogP contribution in [0.5, 0.6) is 0 Å². The number of rotatable bonds is 39. The minimum atomic E-state index is -4.76. The van der Waals surface area contributed by atoms with Gasteiger partial charge in [0, 0.05) is 12.8 Å². The van der Waals surface area contributed by atoms with Crippen LogP contribution in [-0.2, 0) is 28.2 Å². The second-order valence-corrected chi connectivity index (χ2v) is 15.5. The van der Waals surface area contributed by atoms with Crippen molar-refractivity contribution in [1.29, 1.82) is 0 Å². The molecule has 0 spiro atoms. The fourth-order valence-corrected chi connectivity index (χ4v) is 6.29. The van der Waals surface area contributed by atoms with Crippen molar-refractivity contribution in [3.8, 4) is 0 Å². The Labute approximate surface area is 319 Å². The predicted molar refractivity (Wildman–Crippen MR) is 216 cm³/mol. The van der Waals surface area contributed by atoms with Gasteiger partial charge in [0.1, 0.15) is 6.61 Å². The van der Waals surface area contributed by atoms with Crippen LogP contribution in [0, 0.1) is 0 Å². The number of allylic oxidation sites excluding steroid dienone is 6. The van der Waals surface area contributed by atoms with Crippen molar-refractivity contribution in [2.75, 3.05) is 13.2 Å². The van der Waals surface area contributed by atoms with Gasteiger partial charge in [-0.2, -0.15) is 0 Å². The summed E-state index contributed by atoms with van der Waals surface area (Å²) < 4.78 is 26.4. The Morgan fingerprint density at radius 1 is 0.500 bits per heavy atom. The lowest BCUT2D eigenvalue weighted by atomic mass is 10.1. The van der Waals surface area contributed by atoms with Crippen molar-refractivity contribution in [3.05, 3.63) is 36.5 Å². The van der Waals surface area contributed by atoms with Crippen molar-refractivity contribution in [3.63, 3.8) is 0 Å². The summed E-state index contributed by atoms with van der Waals surface area (Å²) in [6.07, 6.45) is 45.7. The zero-order chi connectivity index (χ0) is 38.2. The van der Waals surface area contributed by atoms with E-state index in [1.165, 1.54) is 103 Å². The van der Waals surface area contributed by atoms with Gasteiger partial charge in [0.05, 0.1) is 6.61 Å². The number of esters is 2. The number of unbranched alkanes of at least 4 members (excludes halogenated alkanes) is 23. The van der Waals surface area contributed by atoms with Crippen LogP contribution in [0.4, 0.5) is 0 Å². The monoisotopic (exact) mass is 755 g/mol. The molecule has 0 aliphatic carbocycles. The number of hydrogen-bond donors (Lipinski definition) is 2. The van der Waals surface area contributed by atoms with Crippen LogP contribution in [0.1, 0.15) is 206 Å². The highest BCUT2D eigenvalue weighted by molar-refractivity contribution is 7.46. The van der Waals surface area contributed by atoms with Crippen molar-refractivity contribution in [2.45, 2.75) is 213 Å². The van der Waals surface area contributed by atoms with Crippen LogP contribution in [0.3, 0.4) is 0 Å². The molecule has 0 aromatic heterocycles. The summed E-state index contributed by atoms with van der Waals surface area (Å²) in [5, 5.41) is 0. The van der Waals surface area contributed by atoms with Crippen LogP contribution >= 0.6 is 7.82 Å². The molecule has 1 atom stereocenters. The zero-order valence-electron chi connectivity index (χ0n) is 33.5. The van der Waals surface area contributed by atoms with Crippen LogP contribution in [-0.4, -0.2) is 41.0 Å². The van der Waals surface area contributed by atoms with E-state index in [2.05, 4.69) is 54.8 Å². The zero-order valence-corrected chi connectivity index (χ0v) is 34.4. The SMILES string of the molecule is CCCCC/C=C\C/C=C\CCCCCCCCCCCC(=O)O[C@H](COC(=O)CCCCCCC/C=C\CCCCCCCC)COP(=O)(O)O. The molecule has 0 aliphatic heterocycles. The largest absolute Gasteiger partial charge is 0.469 e. The molecule has 52 heavy (non-hydrogen) atoms. The maximum atomic E-state index is 12.4. The summed E-state index contributed by atoms with van der Waals surface area (Å²) in [6, 6.07) is 0. The van der Waals surface area contributed by atoms with Crippen molar-refractivity contribution in [1.82, 2.24) is 0 Å². The summed E-state index contributed by atoms with van der Waals surface area (Å²) in [7, 11) is -4.76. The normalized spacial score (nSPS) is 12.8. The third-order valence-electron chi connectivity index (χ3n) is 9.13. The highest BCUT2D eigenvalue weighted by atomic mass is 31.2. The Kier molecular flexibility index (Phi) is 37.7. The van der Waals surface area contributed by atoms with E-state index in [0.717, 1.165) is 64.2 Å². The molecule has 9 heteroatoms. The molecule has 0 amide bonds. The van der Waals surface area contributed by atoms with Crippen LogP contribution < -0.4 is 0 Å². The minimum absolute atomic E-state index is 0.206. The van der Waals surface area contributed by atoms with Crippen molar-refractivity contribution < 1.29 is 37.9 Å². The highest BCUT2D eigenvalue weighted by Crippen LogP contribution is 2.36.